The van der Waals surface area contributed by atoms with Crippen LogP contribution in [-0.4, -0.2) is 16.5 Å². The molecule has 0 aliphatic carbocycles. The zero-order valence-electron chi connectivity index (χ0n) is 7.87. The summed E-state index contributed by atoms with van der Waals surface area (Å²) in [5, 5.41) is 1.70. The first kappa shape index (κ1) is 10.6. The van der Waals surface area contributed by atoms with Crippen LogP contribution in [0.2, 0.25) is 10.3 Å². The van der Waals surface area contributed by atoms with Crippen LogP contribution in [0, 0.1) is 0 Å². The van der Waals surface area contributed by atoms with E-state index in [2.05, 4.69) is 9.97 Å². The Hall–Kier alpha value is -0.900. The lowest BCUT2D eigenvalue weighted by molar-refractivity contribution is 0.926. The molecule has 2 N–H and O–H groups in total. The molecular weight excluding hydrogens is 233 g/mol. The lowest BCUT2D eigenvalue weighted by Crippen LogP contribution is -2.06. The van der Waals surface area contributed by atoms with E-state index in [9.17, 15) is 0 Å². The topological polar surface area (TPSA) is 51.8 Å². The minimum atomic E-state index is 0.207. The second-order valence-corrected chi connectivity index (χ2v) is 3.86. The standard InChI is InChI=1S/C10H9Cl2N3/c11-7-3-1-2-6-8(4-5-13)14-10(12)15-9(6)7/h1-3H,4-5,13H2. The molecule has 0 atom stereocenters. The normalized spacial score (nSPS) is 10.9. The molecule has 0 fully saturated rings. The lowest BCUT2D eigenvalue weighted by atomic mass is 10.1. The van der Waals surface area contributed by atoms with Crippen LogP contribution in [0.3, 0.4) is 0 Å². The average Bonchev–Trinajstić information content (AvgIpc) is 2.20. The summed E-state index contributed by atoms with van der Waals surface area (Å²) in [7, 11) is 0. The first-order chi connectivity index (χ1) is 7.22. The molecule has 5 heteroatoms. The SMILES string of the molecule is NCCc1nc(Cl)nc2c(Cl)cccc12. The fourth-order valence-electron chi connectivity index (χ4n) is 1.48. The molecule has 3 nitrogen and oxygen atoms in total. The van der Waals surface area contributed by atoms with Gasteiger partial charge in [-0.05, 0) is 24.2 Å². The third-order valence-electron chi connectivity index (χ3n) is 2.11. The molecule has 1 aromatic carbocycles. The number of benzene rings is 1. The minimum absolute atomic E-state index is 0.207. The largest absolute Gasteiger partial charge is 0.330 e. The van der Waals surface area contributed by atoms with Crippen LogP contribution in [0.1, 0.15) is 5.69 Å². The molecule has 0 unspecified atom stereocenters. The zero-order valence-corrected chi connectivity index (χ0v) is 9.39. The predicted octanol–water partition coefficient (Wildman–Crippen LogP) is 2.44. The van der Waals surface area contributed by atoms with Gasteiger partial charge >= 0.3 is 0 Å². The van der Waals surface area contributed by atoms with Gasteiger partial charge in [-0.1, -0.05) is 23.7 Å². The Morgan fingerprint density at radius 3 is 2.73 bits per heavy atom. The number of para-hydroxylation sites is 1. The number of halogens is 2. The van der Waals surface area contributed by atoms with Crippen LogP contribution in [0.15, 0.2) is 18.2 Å². The van der Waals surface area contributed by atoms with E-state index in [0.29, 0.717) is 23.5 Å². The van der Waals surface area contributed by atoms with E-state index < -0.39 is 0 Å². The van der Waals surface area contributed by atoms with Gasteiger partial charge in [-0.3, -0.25) is 0 Å². The Labute approximate surface area is 97.2 Å². The molecule has 0 amide bonds. The Morgan fingerprint density at radius 1 is 1.20 bits per heavy atom. The first-order valence-corrected chi connectivity index (χ1v) is 5.28. The molecule has 78 valence electrons. The molecule has 2 rings (SSSR count). The van der Waals surface area contributed by atoms with E-state index in [1.165, 1.54) is 0 Å². The molecule has 1 heterocycles. The number of nitrogens with zero attached hydrogens (tertiary/aromatic N) is 2. The van der Waals surface area contributed by atoms with Gasteiger partial charge in [-0.15, -0.1) is 0 Å². The lowest BCUT2D eigenvalue weighted by Gasteiger charge is -2.05. The summed E-state index contributed by atoms with van der Waals surface area (Å²) in [6.07, 6.45) is 0.666. The van der Waals surface area contributed by atoms with Gasteiger partial charge in [-0.25, -0.2) is 9.97 Å². The summed E-state index contributed by atoms with van der Waals surface area (Å²) in [5.41, 5.74) is 7.03. The van der Waals surface area contributed by atoms with Crippen LogP contribution >= 0.6 is 23.2 Å². The van der Waals surface area contributed by atoms with Gasteiger partial charge in [0.05, 0.1) is 16.2 Å². The van der Waals surface area contributed by atoms with Gasteiger partial charge in [0.15, 0.2) is 0 Å². The van der Waals surface area contributed by atoms with E-state index in [1.54, 1.807) is 6.07 Å². The zero-order chi connectivity index (χ0) is 10.8. The van der Waals surface area contributed by atoms with Crippen molar-refractivity contribution in [3.63, 3.8) is 0 Å². The number of nitrogens with two attached hydrogens (primary N) is 1. The molecule has 0 radical (unpaired) electrons. The fraction of sp³-hybridized carbons (Fsp3) is 0.200. The van der Waals surface area contributed by atoms with Crippen molar-refractivity contribution in [1.82, 2.24) is 9.97 Å². The maximum atomic E-state index is 6.02. The number of rotatable bonds is 2. The van der Waals surface area contributed by atoms with Gasteiger partial charge in [0.2, 0.25) is 5.28 Å². The van der Waals surface area contributed by atoms with Crippen molar-refractivity contribution in [1.29, 1.82) is 0 Å². The van der Waals surface area contributed by atoms with Crippen molar-refractivity contribution in [2.24, 2.45) is 5.73 Å². The Morgan fingerprint density at radius 2 is 2.00 bits per heavy atom. The molecule has 1 aromatic heterocycles. The van der Waals surface area contributed by atoms with Crippen molar-refractivity contribution in [2.75, 3.05) is 6.54 Å². The van der Waals surface area contributed by atoms with Gasteiger partial charge in [-0.2, -0.15) is 0 Å². The van der Waals surface area contributed by atoms with Crippen molar-refractivity contribution >= 4 is 34.1 Å². The van der Waals surface area contributed by atoms with E-state index >= 15 is 0 Å². The van der Waals surface area contributed by atoms with E-state index in [0.717, 1.165) is 11.1 Å². The average molecular weight is 242 g/mol. The maximum Gasteiger partial charge on any atom is 0.223 e. The third kappa shape index (κ3) is 2.04. The van der Waals surface area contributed by atoms with E-state index in [1.807, 2.05) is 12.1 Å². The van der Waals surface area contributed by atoms with Crippen LogP contribution < -0.4 is 5.73 Å². The molecular formula is C10H9Cl2N3. The molecule has 15 heavy (non-hydrogen) atoms. The van der Waals surface area contributed by atoms with Crippen molar-refractivity contribution < 1.29 is 0 Å². The van der Waals surface area contributed by atoms with Crippen molar-refractivity contribution in [2.45, 2.75) is 6.42 Å². The molecule has 0 aliphatic rings. The van der Waals surface area contributed by atoms with E-state index in [4.69, 9.17) is 28.9 Å². The van der Waals surface area contributed by atoms with E-state index in [-0.39, 0.29) is 5.28 Å². The van der Waals surface area contributed by atoms with Crippen LogP contribution in [0.4, 0.5) is 0 Å². The van der Waals surface area contributed by atoms with Crippen molar-refractivity contribution in [3.05, 3.63) is 34.2 Å². The molecule has 0 saturated carbocycles. The second kappa shape index (κ2) is 4.31. The molecule has 0 aliphatic heterocycles. The Bertz CT molecular complexity index is 499. The fourth-order valence-corrected chi connectivity index (χ4v) is 1.88. The maximum absolute atomic E-state index is 6.02. The monoisotopic (exact) mass is 241 g/mol. The first-order valence-electron chi connectivity index (χ1n) is 4.53. The third-order valence-corrected chi connectivity index (χ3v) is 2.58. The highest BCUT2D eigenvalue weighted by Gasteiger charge is 2.08. The van der Waals surface area contributed by atoms with Gasteiger partial charge < -0.3 is 5.73 Å². The number of hydrogen-bond acceptors (Lipinski definition) is 3. The summed E-state index contributed by atoms with van der Waals surface area (Å²) in [6, 6.07) is 5.56. The highest BCUT2D eigenvalue weighted by molar-refractivity contribution is 6.35. The highest BCUT2D eigenvalue weighted by atomic mass is 35.5. The Balaban J connectivity index is 2.74. The van der Waals surface area contributed by atoms with Gasteiger partial charge in [0.1, 0.15) is 0 Å². The molecule has 0 saturated heterocycles. The quantitative estimate of drug-likeness (QED) is 0.823. The summed E-state index contributed by atoms with van der Waals surface area (Å²) in [4.78, 5) is 8.25. The summed E-state index contributed by atoms with van der Waals surface area (Å²) < 4.78 is 0. The van der Waals surface area contributed by atoms with Crippen LogP contribution in [0.25, 0.3) is 10.9 Å². The Kier molecular flexibility index (Phi) is 3.05. The van der Waals surface area contributed by atoms with Gasteiger partial charge in [0, 0.05) is 11.8 Å². The summed E-state index contributed by atoms with van der Waals surface area (Å²) >= 11 is 11.8. The predicted molar refractivity (Wildman–Crippen MR) is 62.3 cm³/mol. The molecule has 0 bridgehead atoms. The summed E-state index contributed by atoms with van der Waals surface area (Å²) in [5.74, 6) is 0. The van der Waals surface area contributed by atoms with Crippen LogP contribution in [0.5, 0.6) is 0 Å². The van der Waals surface area contributed by atoms with Crippen LogP contribution in [-0.2, 0) is 6.42 Å². The smallest absolute Gasteiger partial charge is 0.223 e. The number of aromatic nitrogens is 2. The number of fused-ring (bicyclic) bond motifs is 1. The number of hydrogen-bond donors (Lipinski definition) is 1. The van der Waals surface area contributed by atoms with Gasteiger partial charge in [0.25, 0.3) is 0 Å². The van der Waals surface area contributed by atoms with Crippen molar-refractivity contribution in [3.8, 4) is 0 Å². The molecule has 0 spiro atoms. The minimum Gasteiger partial charge on any atom is -0.330 e. The molecule has 2 aromatic rings. The highest BCUT2D eigenvalue weighted by Crippen LogP contribution is 2.24. The second-order valence-electron chi connectivity index (χ2n) is 3.11. The summed E-state index contributed by atoms with van der Waals surface area (Å²) in [6.45, 7) is 0.523.